The lowest BCUT2D eigenvalue weighted by Gasteiger charge is -2.15. The molecule has 0 bridgehead atoms. The number of hydrogen-bond donors (Lipinski definition) is 1. The maximum atomic E-state index is 13.1. The summed E-state index contributed by atoms with van der Waals surface area (Å²) in [4.78, 5) is 39.1. The predicted molar refractivity (Wildman–Crippen MR) is 127 cm³/mol. The minimum absolute atomic E-state index is 0.204. The zero-order valence-corrected chi connectivity index (χ0v) is 18.7. The summed E-state index contributed by atoms with van der Waals surface area (Å²) in [5.74, 6) is -0.320. The van der Waals surface area contributed by atoms with Crippen LogP contribution in [0.1, 0.15) is 18.1 Å². The molecular formula is C25H26N4O3. The molecule has 0 saturated heterocycles. The number of nitrogens with one attached hydrogen (secondary N) is 1. The number of carbonyl (C=O) groups excluding carboxylic acids is 1. The summed E-state index contributed by atoms with van der Waals surface area (Å²) in [6.45, 7) is 3.77. The summed E-state index contributed by atoms with van der Waals surface area (Å²) in [6.07, 6.45) is 2.60. The molecule has 2 aromatic heterocycles. The number of benzene rings is 2. The molecule has 164 valence electrons. The lowest BCUT2D eigenvalue weighted by molar-refractivity contribution is -0.116. The van der Waals surface area contributed by atoms with Crippen LogP contribution in [0.25, 0.3) is 22.2 Å². The summed E-state index contributed by atoms with van der Waals surface area (Å²) in [5.41, 5.74) is 4.28. The van der Waals surface area contributed by atoms with Crippen LogP contribution >= 0.6 is 0 Å². The van der Waals surface area contributed by atoms with Gasteiger partial charge in [-0.2, -0.15) is 0 Å². The number of aromatic nitrogens is 3. The van der Waals surface area contributed by atoms with E-state index in [4.69, 9.17) is 0 Å². The van der Waals surface area contributed by atoms with E-state index in [1.807, 2.05) is 68.6 Å². The van der Waals surface area contributed by atoms with Crippen molar-refractivity contribution in [2.24, 2.45) is 14.1 Å². The molecule has 4 aromatic rings. The van der Waals surface area contributed by atoms with Gasteiger partial charge < -0.3 is 9.88 Å². The summed E-state index contributed by atoms with van der Waals surface area (Å²) in [6, 6.07) is 15.4. The number of rotatable bonds is 5. The molecule has 0 fully saturated rings. The zero-order valence-electron chi connectivity index (χ0n) is 18.7. The molecule has 32 heavy (non-hydrogen) atoms. The molecule has 7 nitrogen and oxygen atoms in total. The highest BCUT2D eigenvalue weighted by Gasteiger charge is 2.21. The molecule has 0 aliphatic carbocycles. The first-order valence-electron chi connectivity index (χ1n) is 10.6. The van der Waals surface area contributed by atoms with Crippen molar-refractivity contribution >= 4 is 22.6 Å². The fourth-order valence-electron chi connectivity index (χ4n) is 4.16. The van der Waals surface area contributed by atoms with E-state index in [9.17, 15) is 14.4 Å². The molecule has 0 unspecified atom stereocenters. The van der Waals surface area contributed by atoms with E-state index in [2.05, 4.69) is 5.32 Å². The Hall–Kier alpha value is -3.87. The van der Waals surface area contributed by atoms with Crippen molar-refractivity contribution in [2.75, 3.05) is 5.32 Å². The average Bonchev–Trinajstić information content (AvgIpc) is 3.14. The van der Waals surface area contributed by atoms with Crippen molar-refractivity contribution in [1.82, 2.24) is 13.7 Å². The maximum absolute atomic E-state index is 13.1. The summed E-state index contributed by atoms with van der Waals surface area (Å²) in [5, 5.41) is 2.98. The third kappa shape index (κ3) is 3.56. The summed E-state index contributed by atoms with van der Waals surface area (Å²) in [7, 11) is 3.20. The van der Waals surface area contributed by atoms with Gasteiger partial charge in [0, 0.05) is 31.5 Å². The number of anilines is 1. The Morgan fingerprint density at radius 3 is 2.38 bits per heavy atom. The van der Waals surface area contributed by atoms with Crippen molar-refractivity contribution in [3.05, 3.63) is 86.7 Å². The van der Waals surface area contributed by atoms with Gasteiger partial charge in [0.2, 0.25) is 5.91 Å². The average molecular weight is 431 g/mol. The number of hydrogen-bond acceptors (Lipinski definition) is 3. The highest BCUT2D eigenvalue weighted by Crippen LogP contribution is 2.28. The van der Waals surface area contributed by atoms with Crippen LogP contribution in [0.5, 0.6) is 0 Å². The SMILES string of the molecule is CCc1cccc(C)c1NC(=O)Cn1c(=O)n(C)c(=O)c2c1c(-c1ccccc1)cn2C. The first kappa shape index (κ1) is 21.4. The molecule has 0 radical (unpaired) electrons. The van der Waals surface area contributed by atoms with Crippen molar-refractivity contribution in [1.29, 1.82) is 0 Å². The molecule has 0 aliphatic heterocycles. The Kier molecular flexibility index (Phi) is 5.57. The topological polar surface area (TPSA) is 78.0 Å². The lowest BCUT2D eigenvalue weighted by Crippen LogP contribution is -2.40. The monoisotopic (exact) mass is 430 g/mol. The number of carbonyl (C=O) groups is 1. The molecule has 4 rings (SSSR count). The smallest absolute Gasteiger partial charge is 0.331 e. The highest BCUT2D eigenvalue weighted by atomic mass is 16.2. The van der Waals surface area contributed by atoms with Gasteiger partial charge in [0.15, 0.2) is 0 Å². The van der Waals surface area contributed by atoms with Gasteiger partial charge in [0.1, 0.15) is 12.1 Å². The van der Waals surface area contributed by atoms with Gasteiger partial charge in [-0.3, -0.25) is 18.7 Å². The fraction of sp³-hybridized carbons (Fsp3) is 0.240. The summed E-state index contributed by atoms with van der Waals surface area (Å²) < 4.78 is 4.15. The van der Waals surface area contributed by atoms with Gasteiger partial charge in [-0.1, -0.05) is 55.5 Å². The van der Waals surface area contributed by atoms with Crippen LogP contribution in [0.4, 0.5) is 5.69 Å². The van der Waals surface area contributed by atoms with Gasteiger partial charge in [0.05, 0.1) is 5.52 Å². The quantitative estimate of drug-likeness (QED) is 0.528. The Morgan fingerprint density at radius 2 is 1.69 bits per heavy atom. The van der Waals surface area contributed by atoms with Crippen LogP contribution in [0.3, 0.4) is 0 Å². The largest absolute Gasteiger partial charge is 0.344 e. The van der Waals surface area contributed by atoms with E-state index in [0.717, 1.165) is 38.9 Å². The normalized spacial score (nSPS) is 11.1. The molecule has 2 heterocycles. The predicted octanol–water partition coefficient (Wildman–Crippen LogP) is 3.22. The van der Waals surface area contributed by atoms with Crippen molar-refractivity contribution in [2.45, 2.75) is 26.8 Å². The van der Waals surface area contributed by atoms with Crippen LogP contribution in [0.2, 0.25) is 0 Å². The van der Waals surface area contributed by atoms with Crippen LogP contribution in [-0.2, 0) is 31.9 Å². The minimum atomic E-state index is -0.526. The van der Waals surface area contributed by atoms with E-state index in [1.165, 1.54) is 11.6 Å². The molecular weight excluding hydrogens is 404 g/mol. The summed E-state index contributed by atoms with van der Waals surface area (Å²) >= 11 is 0. The van der Waals surface area contributed by atoms with Crippen molar-refractivity contribution < 1.29 is 4.79 Å². The van der Waals surface area contributed by atoms with E-state index in [-0.39, 0.29) is 12.5 Å². The van der Waals surface area contributed by atoms with E-state index >= 15 is 0 Å². The van der Waals surface area contributed by atoms with Crippen molar-refractivity contribution in [3.8, 4) is 11.1 Å². The van der Waals surface area contributed by atoms with Gasteiger partial charge in [-0.25, -0.2) is 4.79 Å². The molecule has 2 aromatic carbocycles. The Balaban J connectivity index is 1.87. The first-order chi connectivity index (χ1) is 15.3. The van der Waals surface area contributed by atoms with E-state index in [1.54, 1.807) is 11.6 Å². The van der Waals surface area contributed by atoms with Gasteiger partial charge in [-0.15, -0.1) is 0 Å². The number of nitrogens with zero attached hydrogens (tertiary/aromatic N) is 3. The van der Waals surface area contributed by atoms with Crippen LogP contribution in [0.15, 0.2) is 64.3 Å². The first-order valence-corrected chi connectivity index (χ1v) is 10.6. The second-order valence-corrected chi connectivity index (χ2v) is 7.96. The fourth-order valence-corrected chi connectivity index (χ4v) is 4.16. The van der Waals surface area contributed by atoms with Crippen LogP contribution < -0.4 is 16.6 Å². The molecule has 0 aliphatic rings. The lowest BCUT2D eigenvalue weighted by atomic mass is 10.1. The molecule has 0 spiro atoms. The number of fused-ring (bicyclic) bond motifs is 1. The van der Waals surface area contributed by atoms with E-state index in [0.29, 0.717) is 11.0 Å². The molecule has 1 amide bonds. The Bertz CT molecular complexity index is 1440. The van der Waals surface area contributed by atoms with Crippen LogP contribution in [-0.4, -0.2) is 19.6 Å². The molecule has 0 saturated carbocycles. The van der Waals surface area contributed by atoms with E-state index < -0.39 is 11.2 Å². The maximum Gasteiger partial charge on any atom is 0.331 e. The minimum Gasteiger partial charge on any atom is -0.344 e. The van der Waals surface area contributed by atoms with Gasteiger partial charge >= 0.3 is 5.69 Å². The Morgan fingerprint density at radius 1 is 0.969 bits per heavy atom. The third-order valence-electron chi connectivity index (χ3n) is 5.84. The number of aryl methyl sites for hydroxylation is 3. The number of para-hydroxylation sites is 1. The number of amides is 1. The van der Waals surface area contributed by atoms with Crippen molar-refractivity contribution in [3.63, 3.8) is 0 Å². The zero-order chi connectivity index (χ0) is 23.0. The Labute approximate surface area is 185 Å². The third-order valence-corrected chi connectivity index (χ3v) is 5.84. The molecule has 0 atom stereocenters. The van der Waals surface area contributed by atoms with Gasteiger partial charge in [-0.05, 0) is 30.0 Å². The second kappa shape index (κ2) is 8.34. The van der Waals surface area contributed by atoms with Gasteiger partial charge in [0.25, 0.3) is 5.56 Å². The highest BCUT2D eigenvalue weighted by molar-refractivity contribution is 5.96. The molecule has 7 heteroatoms. The van der Waals surface area contributed by atoms with Crippen LogP contribution in [0, 0.1) is 6.92 Å². The standard InChI is InChI=1S/C25H26N4O3/c1-5-17-13-9-10-16(2)21(17)26-20(30)15-29-22-19(18-11-7-6-8-12-18)14-27(3)23(22)24(31)28(4)25(29)32/h6-14H,5,15H2,1-4H3,(H,26,30). The molecule has 1 N–H and O–H groups in total. The second-order valence-electron chi connectivity index (χ2n) is 7.96.